The van der Waals surface area contributed by atoms with E-state index in [0.29, 0.717) is 0 Å². The number of halogens is 2. The summed E-state index contributed by atoms with van der Waals surface area (Å²) in [5.74, 6) is 0. The molecular formula is C52H68Cl2SiZr. The predicted octanol–water partition coefficient (Wildman–Crippen LogP) is 17.7. The fraction of sp³-hybridized carbons (Fsp3) is 0.423. The van der Waals surface area contributed by atoms with Gasteiger partial charge in [-0.3, -0.25) is 0 Å². The van der Waals surface area contributed by atoms with Gasteiger partial charge in [-0.2, -0.15) is 12.1 Å². The van der Waals surface area contributed by atoms with Gasteiger partial charge >= 0.3 is 37.9 Å². The summed E-state index contributed by atoms with van der Waals surface area (Å²) in [6, 6.07) is 43.2. The van der Waals surface area contributed by atoms with Crippen LogP contribution in [-0.4, -0.2) is 9.52 Å². The Bertz CT molecular complexity index is 1820. The Kier molecular flexibility index (Phi) is 21.2. The number of aryl methyl sites for hydroxylation is 2. The Hall–Kier alpha value is -2.22. The van der Waals surface area contributed by atoms with Crippen molar-refractivity contribution >= 4 is 48.1 Å². The standard InChI is InChI=1S/2C20H21.C12H26Si.2ClH.Zr/c2*1-14-12-16-6-5-7-18(19(16)13-14)15-8-10-17(11-9-15)20(2,3)4;1-3-5-7-9-11-13-12-10-8-6-4-2;;;/h2*5-13H,1-4H3;3-12H2,1-2H3;2*1H;/q2*-1;;;;+4/p-2. The van der Waals surface area contributed by atoms with E-state index < -0.39 is 20.8 Å². The Labute approximate surface area is 363 Å². The van der Waals surface area contributed by atoms with E-state index >= 15 is 0 Å². The summed E-state index contributed by atoms with van der Waals surface area (Å²) in [5.41, 5.74) is 11.1. The van der Waals surface area contributed by atoms with Gasteiger partial charge in [-0.1, -0.05) is 204 Å². The molecular weight excluding hydrogens is 815 g/mol. The third-order valence-electron chi connectivity index (χ3n) is 10.3. The van der Waals surface area contributed by atoms with Gasteiger partial charge in [-0.15, -0.1) is 69.1 Å². The van der Waals surface area contributed by atoms with E-state index in [2.05, 4.69) is 178 Å². The molecule has 0 aliphatic rings. The molecule has 298 valence electrons. The quantitative estimate of drug-likeness (QED) is 0.0653. The topological polar surface area (TPSA) is 0 Å². The van der Waals surface area contributed by atoms with Crippen LogP contribution in [0.15, 0.2) is 109 Å². The second-order valence-electron chi connectivity index (χ2n) is 17.3. The van der Waals surface area contributed by atoms with E-state index in [1.54, 1.807) is 0 Å². The van der Waals surface area contributed by atoms with Crippen molar-refractivity contribution in [1.82, 2.24) is 0 Å². The van der Waals surface area contributed by atoms with Crippen molar-refractivity contribution in [1.29, 1.82) is 0 Å². The zero-order valence-electron chi connectivity index (χ0n) is 36.2. The summed E-state index contributed by atoms with van der Waals surface area (Å²) in [6.07, 6.45) is 11.6. The molecule has 0 saturated carbocycles. The van der Waals surface area contributed by atoms with Gasteiger partial charge < -0.3 is 0 Å². The molecule has 0 amide bonds. The van der Waals surface area contributed by atoms with Gasteiger partial charge in [-0.25, -0.2) is 0 Å². The van der Waals surface area contributed by atoms with Crippen LogP contribution in [0, 0.1) is 13.8 Å². The number of hydrogen-bond donors (Lipinski definition) is 0. The van der Waals surface area contributed by atoms with Crippen molar-refractivity contribution < 1.29 is 20.8 Å². The van der Waals surface area contributed by atoms with Crippen LogP contribution in [0.4, 0.5) is 0 Å². The fourth-order valence-electron chi connectivity index (χ4n) is 7.05. The van der Waals surface area contributed by atoms with Crippen LogP contribution in [0.3, 0.4) is 0 Å². The van der Waals surface area contributed by atoms with E-state index in [9.17, 15) is 0 Å². The minimum absolute atomic E-state index is 0.210. The molecule has 0 fully saturated rings. The Morgan fingerprint density at radius 1 is 0.518 bits per heavy atom. The molecule has 0 aliphatic heterocycles. The summed E-state index contributed by atoms with van der Waals surface area (Å²) in [7, 11) is 11.1. The second kappa shape index (κ2) is 24.6. The number of unbranched alkanes of at least 4 members (excludes halogenated alkanes) is 6. The first-order chi connectivity index (χ1) is 26.7. The molecule has 0 heterocycles. The molecule has 0 aliphatic carbocycles. The van der Waals surface area contributed by atoms with Crippen molar-refractivity contribution in [3.63, 3.8) is 0 Å². The molecule has 6 aromatic carbocycles. The summed E-state index contributed by atoms with van der Waals surface area (Å²) < 4.78 is 0. The molecule has 6 aromatic rings. The third-order valence-corrected chi connectivity index (χ3v) is 11.7. The van der Waals surface area contributed by atoms with E-state index in [4.69, 9.17) is 17.0 Å². The van der Waals surface area contributed by atoms with Crippen LogP contribution in [0.25, 0.3) is 43.8 Å². The predicted molar refractivity (Wildman–Crippen MR) is 252 cm³/mol. The average Bonchev–Trinajstić information content (AvgIpc) is 3.75. The van der Waals surface area contributed by atoms with Crippen molar-refractivity contribution in [3.8, 4) is 22.3 Å². The van der Waals surface area contributed by atoms with Crippen molar-refractivity contribution in [2.75, 3.05) is 0 Å². The summed E-state index contributed by atoms with van der Waals surface area (Å²) in [6.45, 7) is 22.4. The molecule has 0 N–H and O–H groups in total. The molecule has 0 spiro atoms. The first-order valence-electron chi connectivity index (χ1n) is 20.9. The van der Waals surface area contributed by atoms with Gasteiger partial charge in [-0.05, 0) is 33.1 Å². The maximum atomic E-state index is 4.93. The molecule has 6 rings (SSSR count). The zero-order valence-corrected chi connectivity index (χ0v) is 41.2. The average molecular weight is 883 g/mol. The Morgan fingerprint density at radius 2 is 0.875 bits per heavy atom. The van der Waals surface area contributed by atoms with Crippen molar-refractivity contribution in [2.45, 2.75) is 144 Å². The molecule has 2 radical (unpaired) electrons. The number of benzene rings is 4. The third kappa shape index (κ3) is 15.9. The van der Waals surface area contributed by atoms with Crippen LogP contribution >= 0.6 is 17.0 Å². The van der Waals surface area contributed by atoms with E-state index in [1.807, 2.05) is 0 Å². The van der Waals surface area contributed by atoms with Crippen LogP contribution in [-0.2, 0) is 31.7 Å². The van der Waals surface area contributed by atoms with Crippen LogP contribution in [0.2, 0.25) is 12.1 Å². The molecule has 0 atom stereocenters. The molecule has 0 aromatic heterocycles. The molecule has 56 heavy (non-hydrogen) atoms. The molecule has 0 saturated heterocycles. The SMILES string of the molecule is CCCCCC[Si]CCCCCC.Cc1cc2c(-c3ccc(C(C)(C)C)cc3)cccc2[cH-]1.Cc1cc2c(-c3ccc(C(C)(C)C)cc3)cccc2[cH-]1.[Cl][Zr+2][Cl]. The Morgan fingerprint density at radius 3 is 1.20 bits per heavy atom. The van der Waals surface area contributed by atoms with Gasteiger partial charge in [0.1, 0.15) is 0 Å². The molecule has 4 heteroatoms. The normalized spacial score (nSPS) is 11.2. The summed E-state index contributed by atoms with van der Waals surface area (Å²) >= 11 is -0.826. The number of hydrogen-bond acceptors (Lipinski definition) is 0. The molecule has 0 nitrogen and oxygen atoms in total. The van der Waals surface area contributed by atoms with Gasteiger partial charge in [0.2, 0.25) is 0 Å². The summed E-state index contributed by atoms with van der Waals surface area (Å²) in [5, 5.41) is 5.38. The molecule has 0 unspecified atom stereocenters. The monoisotopic (exact) mass is 880 g/mol. The van der Waals surface area contributed by atoms with Gasteiger partial charge in [0, 0.05) is 9.52 Å². The number of fused-ring (bicyclic) bond motifs is 2. The van der Waals surface area contributed by atoms with Crippen LogP contribution in [0.1, 0.15) is 129 Å². The second-order valence-corrected chi connectivity index (χ2v) is 22.5. The first-order valence-corrected chi connectivity index (χ1v) is 28.7. The van der Waals surface area contributed by atoms with Gasteiger partial charge in [0.05, 0.1) is 0 Å². The van der Waals surface area contributed by atoms with E-state index in [1.165, 1.54) is 139 Å². The first kappa shape index (κ1) is 48.2. The van der Waals surface area contributed by atoms with E-state index in [0.717, 1.165) is 0 Å². The van der Waals surface area contributed by atoms with Crippen LogP contribution in [0.5, 0.6) is 0 Å². The zero-order chi connectivity index (χ0) is 41.1. The van der Waals surface area contributed by atoms with Crippen molar-refractivity contribution in [3.05, 3.63) is 131 Å². The van der Waals surface area contributed by atoms with Crippen molar-refractivity contribution in [2.24, 2.45) is 0 Å². The van der Waals surface area contributed by atoms with Crippen LogP contribution < -0.4 is 0 Å². The fourth-order valence-corrected chi connectivity index (χ4v) is 8.30. The van der Waals surface area contributed by atoms with Gasteiger partial charge in [0.15, 0.2) is 0 Å². The Balaban J connectivity index is 0.000000223. The maximum absolute atomic E-state index is 4.93. The van der Waals surface area contributed by atoms with Gasteiger partial charge in [0.25, 0.3) is 0 Å². The van der Waals surface area contributed by atoms with E-state index in [-0.39, 0.29) is 10.8 Å². The minimum atomic E-state index is -0.826. The molecule has 0 bridgehead atoms. The summed E-state index contributed by atoms with van der Waals surface area (Å²) in [4.78, 5) is 0. The number of rotatable bonds is 12.